The lowest BCUT2D eigenvalue weighted by atomic mass is 9.95. The fourth-order valence-corrected chi connectivity index (χ4v) is 7.61. The fourth-order valence-electron chi connectivity index (χ4n) is 4.92. The number of halogens is 3. The SMILES string of the molecule is Cc1ccccc1COc1ccc(C(O)=C2C(=O)C(=O)N(c3nnc(SCc4ccc(Cl)cc4Cl)s3)C2c2ccc(Br)cc2)cc1. The summed E-state index contributed by atoms with van der Waals surface area (Å²) in [6.45, 7) is 2.41. The van der Waals surface area contributed by atoms with Crippen molar-refractivity contribution in [2.75, 3.05) is 4.90 Å². The van der Waals surface area contributed by atoms with Crippen LogP contribution < -0.4 is 9.64 Å². The van der Waals surface area contributed by atoms with Crippen molar-refractivity contribution in [2.45, 2.75) is 29.7 Å². The minimum atomic E-state index is -0.929. The summed E-state index contributed by atoms with van der Waals surface area (Å²) in [5.41, 5.74) is 4.02. The van der Waals surface area contributed by atoms with Gasteiger partial charge in [-0.15, -0.1) is 10.2 Å². The van der Waals surface area contributed by atoms with Crippen LogP contribution in [0, 0.1) is 6.92 Å². The second-order valence-electron chi connectivity index (χ2n) is 10.3. The molecule has 1 fully saturated rings. The van der Waals surface area contributed by atoms with E-state index in [1.165, 1.54) is 28.0 Å². The number of Topliss-reactive ketones (excluding diaryl/α,β-unsaturated/α-hetero) is 1. The second-order valence-corrected chi connectivity index (χ2v) is 14.3. The maximum atomic E-state index is 13.6. The number of carbonyl (C=O) groups excluding carboxylic acids is 2. The van der Waals surface area contributed by atoms with E-state index in [9.17, 15) is 14.7 Å². The molecule has 12 heteroatoms. The van der Waals surface area contributed by atoms with Crippen molar-refractivity contribution < 1.29 is 19.4 Å². The molecule has 1 N–H and O–H groups in total. The number of thioether (sulfide) groups is 1. The molecule has 5 aromatic rings. The zero-order valence-corrected chi connectivity index (χ0v) is 28.8. The summed E-state index contributed by atoms with van der Waals surface area (Å²) in [4.78, 5) is 28.5. The van der Waals surface area contributed by atoms with Crippen LogP contribution in [0.25, 0.3) is 5.76 Å². The molecule has 0 bridgehead atoms. The Bertz CT molecular complexity index is 1970. The van der Waals surface area contributed by atoms with Gasteiger partial charge in [-0.05, 0) is 77.7 Å². The number of aromatic nitrogens is 2. The summed E-state index contributed by atoms with van der Waals surface area (Å²) in [5, 5.41) is 21.4. The van der Waals surface area contributed by atoms with E-state index in [0.717, 1.165) is 21.2 Å². The average Bonchev–Trinajstić information content (AvgIpc) is 3.62. The summed E-state index contributed by atoms with van der Waals surface area (Å²) in [6, 6.07) is 26.3. The van der Waals surface area contributed by atoms with Crippen molar-refractivity contribution in [3.8, 4) is 5.75 Å². The first-order chi connectivity index (χ1) is 22.2. The van der Waals surface area contributed by atoms with Crippen LogP contribution in [0.1, 0.15) is 33.9 Å². The number of benzene rings is 4. The Morgan fingerprint density at radius 1 is 0.978 bits per heavy atom. The molecule has 1 atom stereocenters. The zero-order valence-electron chi connectivity index (χ0n) is 24.1. The molecule has 232 valence electrons. The maximum absolute atomic E-state index is 13.6. The molecule has 0 aliphatic carbocycles. The van der Waals surface area contributed by atoms with Crippen molar-refractivity contribution in [3.05, 3.63) is 139 Å². The second kappa shape index (κ2) is 14.0. The monoisotopic (exact) mass is 751 g/mol. The van der Waals surface area contributed by atoms with Crippen LogP contribution in [0.5, 0.6) is 5.75 Å². The Balaban J connectivity index is 1.29. The smallest absolute Gasteiger partial charge is 0.301 e. The number of hydrogen-bond acceptors (Lipinski definition) is 8. The lowest BCUT2D eigenvalue weighted by Crippen LogP contribution is -2.29. The molecule has 4 aromatic carbocycles. The van der Waals surface area contributed by atoms with Gasteiger partial charge in [0.2, 0.25) is 5.13 Å². The van der Waals surface area contributed by atoms with E-state index in [2.05, 4.69) is 26.1 Å². The van der Waals surface area contributed by atoms with Crippen molar-refractivity contribution in [3.63, 3.8) is 0 Å². The lowest BCUT2D eigenvalue weighted by molar-refractivity contribution is -0.132. The van der Waals surface area contributed by atoms with E-state index in [1.54, 1.807) is 48.5 Å². The maximum Gasteiger partial charge on any atom is 0.301 e. The van der Waals surface area contributed by atoms with Gasteiger partial charge in [0.1, 0.15) is 18.1 Å². The normalized spacial score (nSPS) is 15.8. The van der Waals surface area contributed by atoms with E-state index in [0.29, 0.717) is 43.6 Å². The summed E-state index contributed by atoms with van der Waals surface area (Å²) < 4.78 is 7.36. The summed E-state index contributed by atoms with van der Waals surface area (Å²) in [6.07, 6.45) is 0. The van der Waals surface area contributed by atoms with Crippen LogP contribution in [0.15, 0.2) is 105 Å². The van der Waals surface area contributed by atoms with Crippen molar-refractivity contribution in [2.24, 2.45) is 0 Å². The van der Waals surface area contributed by atoms with Crippen LogP contribution in [0.2, 0.25) is 10.0 Å². The van der Waals surface area contributed by atoms with Gasteiger partial charge in [-0.2, -0.15) is 0 Å². The molecule has 0 radical (unpaired) electrons. The summed E-state index contributed by atoms with van der Waals surface area (Å²) >= 11 is 18.4. The number of amides is 1. The lowest BCUT2D eigenvalue weighted by Gasteiger charge is -2.22. The first-order valence-electron chi connectivity index (χ1n) is 13.9. The molecular weight excluding hydrogens is 729 g/mol. The minimum Gasteiger partial charge on any atom is -0.507 e. The highest BCUT2D eigenvalue weighted by atomic mass is 79.9. The topological polar surface area (TPSA) is 92.6 Å². The summed E-state index contributed by atoms with van der Waals surface area (Å²) in [7, 11) is 0. The molecule has 0 spiro atoms. The van der Waals surface area contributed by atoms with E-state index < -0.39 is 17.7 Å². The highest BCUT2D eigenvalue weighted by Gasteiger charge is 2.48. The Kier molecular flexibility index (Phi) is 9.81. The highest BCUT2D eigenvalue weighted by Crippen LogP contribution is 2.44. The van der Waals surface area contributed by atoms with Gasteiger partial charge < -0.3 is 9.84 Å². The third-order valence-electron chi connectivity index (χ3n) is 7.38. The molecule has 0 saturated carbocycles. The van der Waals surface area contributed by atoms with E-state index in [-0.39, 0.29) is 16.5 Å². The van der Waals surface area contributed by atoms with E-state index in [4.69, 9.17) is 27.9 Å². The predicted octanol–water partition coefficient (Wildman–Crippen LogP) is 9.41. The van der Waals surface area contributed by atoms with Gasteiger partial charge in [-0.3, -0.25) is 14.5 Å². The third kappa shape index (κ3) is 6.86. The molecule has 1 aliphatic heterocycles. The number of ether oxygens (including phenoxy) is 1. The van der Waals surface area contributed by atoms with Gasteiger partial charge in [-0.1, -0.05) is 105 Å². The number of aryl methyl sites for hydroxylation is 1. The van der Waals surface area contributed by atoms with Gasteiger partial charge in [0.25, 0.3) is 5.78 Å². The van der Waals surface area contributed by atoms with Crippen LogP contribution in [-0.4, -0.2) is 27.0 Å². The molecule has 1 unspecified atom stereocenters. The number of rotatable bonds is 9. The van der Waals surface area contributed by atoms with Crippen molar-refractivity contribution >= 4 is 84.8 Å². The Morgan fingerprint density at radius 3 is 2.43 bits per heavy atom. The molecule has 7 nitrogen and oxygen atoms in total. The first kappa shape index (κ1) is 32.3. The first-order valence-corrected chi connectivity index (χ1v) is 17.3. The molecular formula is C34H24BrCl2N3O4S2. The van der Waals surface area contributed by atoms with Crippen LogP contribution in [0.4, 0.5) is 5.13 Å². The van der Waals surface area contributed by atoms with E-state index in [1.807, 2.05) is 49.4 Å². The Morgan fingerprint density at radius 2 is 1.72 bits per heavy atom. The molecule has 6 rings (SSSR count). The van der Waals surface area contributed by atoms with Crippen molar-refractivity contribution in [1.29, 1.82) is 0 Å². The molecule has 1 aliphatic rings. The number of carbonyl (C=O) groups is 2. The van der Waals surface area contributed by atoms with Gasteiger partial charge in [-0.25, -0.2) is 0 Å². The Labute approximate surface area is 292 Å². The predicted molar refractivity (Wildman–Crippen MR) is 187 cm³/mol. The van der Waals surface area contributed by atoms with Crippen LogP contribution in [-0.2, 0) is 21.9 Å². The minimum absolute atomic E-state index is 0.0433. The fraction of sp³-hybridized carbons (Fsp3) is 0.118. The number of anilines is 1. The van der Waals surface area contributed by atoms with Crippen LogP contribution >= 0.6 is 62.2 Å². The molecule has 1 amide bonds. The van der Waals surface area contributed by atoms with Crippen molar-refractivity contribution in [1.82, 2.24) is 10.2 Å². The highest BCUT2D eigenvalue weighted by molar-refractivity contribution is 9.10. The number of hydrogen-bond donors (Lipinski definition) is 1. The quantitative estimate of drug-likeness (QED) is 0.0527. The molecule has 2 heterocycles. The van der Waals surface area contributed by atoms with Crippen LogP contribution in [0.3, 0.4) is 0 Å². The van der Waals surface area contributed by atoms with Gasteiger partial charge in [0, 0.05) is 25.8 Å². The summed E-state index contributed by atoms with van der Waals surface area (Å²) in [5.74, 6) is -0.812. The van der Waals surface area contributed by atoms with E-state index >= 15 is 0 Å². The number of ketones is 1. The zero-order chi connectivity index (χ0) is 32.4. The molecule has 1 saturated heterocycles. The standard InChI is InChI=1S/C34H24BrCl2N3O4S2/c1-19-4-2-3-5-22(19)17-44-26-14-9-21(10-15-26)30(41)28-29(20-6-11-24(35)12-7-20)40(32(43)31(28)42)33-38-39-34(46-33)45-18-23-8-13-25(36)16-27(23)37/h2-16,29,41H,17-18H2,1H3. The number of aliphatic hydroxyl groups excluding tert-OH is 1. The van der Waals surface area contributed by atoms with Gasteiger partial charge in [0.05, 0.1) is 11.6 Å². The molecule has 46 heavy (non-hydrogen) atoms. The number of nitrogens with zero attached hydrogens (tertiary/aromatic N) is 3. The largest absolute Gasteiger partial charge is 0.507 e. The molecule has 1 aromatic heterocycles. The van der Waals surface area contributed by atoms with Gasteiger partial charge in [0.15, 0.2) is 4.34 Å². The van der Waals surface area contributed by atoms with Gasteiger partial charge >= 0.3 is 5.91 Å². The average molecular weight is 754 g/mol. The number of aliphatic hydroxyl groups is 1. The Hall–Kier alpha value is -3.67. The third-order valence-corrected chi connectivity index (χ3v) is 10.6.